The monoisotopic (exact) mass is 293 g/mol. The largest absolute Gasteiger partial charge is 0.547 e. The molecule has 0 radical (unpaired) electrons. The predicted molar refractivity (Wildman–Crippen MR) is 74.0 cm³/mol. The molecule has 0 aliphatic carbocycles. The van der Waals surface area contributed by atoms with Gasteiger partial charge in [-0.05, 0) is 31.0 Å². The van der Waals surface area contributed by atoms with Crippen LogP contribution in [0.4, 0.5) is 0 Å². The number of carbonyl (C=O) groups is 2. The fourth-order valence-electron chi connectivity index (χ4n) is 2.25. The van der Waals surface area contributed by atoms with Crippen molar-refractivity contribution in [3.05, 3.63) is 23.3 Å². The summed E-state index contributed by atoms with van der Waals surface area (Å²) in [7, 11) is -1.28. The molecule has 3 N–H and O–H groups in total. The van der Waals surface area contributed by atoms with Crippen molar-refractivity contribution >= 4 is 19.0 Å². The Morgan fingerprint density at radius 2 is 2.24 bits per heavy atom. The normalized spacial score (nSPS) is 16.7. The van der Waals surface area contributed by atoms with E-state index >= 15 is 0 Å². The second-order valence-corrected chi connectivity index (χ2v) is 4.72. The number of benzene rings is 1. The molecule has 0 unspecified atom stereocenters. The number of phenols is 1. The van der Waals surface area contributed by atoms with Gasteiger partial charge in [0.25, 0.3) is 0 Å². The molecule has 1 amide bonds. The minimum Gasteiger partial charge on any atom is -0.534 e. The molecule has 0 bridgehead atoms. The lowest BCUT2D eigenvalue weighted by molar-refractivity contribution is -0.119. The number of esters is 1. The zero-order valence-corrected chi connectivity index (χ0v) is 11.8. The van der Waals surface area contributed by atoms with Gasteiger partial charge in [0, 0.05) is 6.92 Å². The first-order chi connectivity index (χ1) is 9.92. The number of fused-ring (bicyclic) bond motifs is 1. The van der Waals surface area contributed by atoms with Gasteiger partial charge < -0.3 is 24.8 Å². The fraction of sp³-hybridized carbons (Fsp3) is 0.385. The Morgan fingerprint density at radius 1 is 1.52 bits per heavy atom. The second kappa shape index (κ2) is 6.05. The molecule has 112 valence electrons. The summed E-state index contributed by atoms with van der Waals surface area (Å²) < 4.78 is 10.2. The fourth-order valence-corrected chi connectivity index (χ4v) is 2.25. The highest BCUT2D eigenvalue weighted by molar-refractivity contribution is 6.47. The molecular formula is C13H16BNO6. The van der Waals surface area contributed by atoms with Gasteiger partial charge in [-0.2, -0.15) is 0 Å². The SMILES string of the molecule is CCOC(=O)c1cc(O)cc2c1OB(O)[C@@H](NC(C)=O)C2. The maximum Gasteiger partial charge on any atom is 0.547 e. The molecule has 1 aromatic carbocycles. The number of hydrogen-bond acceptors (Lipinski definition) is 6. The van der Waals surface area contributed by atoms with E-state index in [9.17, 15) is 19.7 Å². The van der Waals surface area contributed by atoms with Crippen LogP contribution in [0.5, 0.6) is 11.5 Å². The van der Waals surface area contributed by atoms with Crippen molar-refractivity contribution in [1.29, 1.82) is 0 Å². The highest BCUT2D eigenvalue weighted by atomic mass is 16.5. The smallest absolute Gasteiger partial charge is 0.534 e. The highest BCUT2D eigenvalue weighted by Gasteiger charge is 2.37. The quantitative estimate of drug-likeness (QED) is 0.536. The van der Waals surface area contributed by atoms with Crippen molar-refractivity contribution in [2.24, 2.45) is 0 Å². The molecule has 1 heterocycles. The van der Waals surface area contributed by atoms with Gasteiger partial charge in [-0.25, -0.2) is 4.79 Å². The lowest BCUT2D eigenvalue weighted by Gasteiger charge is -2.29. The Balaban J connectivity index is 2.37. The van der Waals surface area contributed by atoms with Gasteiger partial charge in [-0.3, -0.25) is 4.79 Å². The van der Waals surface area contributed by atoms with Gasteiger partial charge in [0.1, 0.15) is 17.1 Å². The topological polar surface area (TPSA) is 105 Å². The van der Waals surface area contributed by atoms with Crippen LogP contribution in [0.15, 0.2) is 12.1 Å². The van der Waals surface area contributed by atoms with E-state index in [-0.39, 0.29) is 36.0 Å². The van der Waals surface area contributed by atoms with Crippen molar-refractivity contribution in [3.8, 4) is 11.5 Å². The third-order valence-electron chi connectivity index (χ3n) is 3.06. The maximum absolute atomic E-state index is 11.9. The first-order valence-corrected chi connectivity index (χ1v) is 6.57. The molecule has 2 rings (SSSR count). The molecule has 0 fully saturated rings. The summed E-state index contributed by atoms with van der Waals surface area (Å²) >= 11 is 0. The van der Waals surface area contributed by atoms with Crippen molar-refractivity contribution in [3.63, 3.8) is 0 Å². The molecule has 0 aromatic heterocycles. The molecule has 8 heteroatoms. The summed E-state index contributed by atoms with van der Waals surface area (Å²) in [5.74, 6) is -1.54. The van der Waals surface area contributed by atoms with E-state index in [1.807, 2.05) is 0 Å². The van der Waals surface area contributed by atoms with Gasteiger partial charge in [0.2, 0.25) is 5.91 Å². The van der Waals surface area contributed by atoms with E-state index in [1.165, 1.54) is 19.1 Å². The standard InChI is InChI=1S/C13H16BNO6/c1-3-20-13(18)10-6-9(17)4-8-5-11(15-7(2)16)14(19)21-12(8)10/h4,6,11,17,19H,3,5H2,1-2H3,(H,15,16)/t11-/m0/s1. The molecule has 7 nitrogen and oxygen atoms in total. The molecule has 0 saturated heterocycles. The van der Waals surface area contributed by atoms with Crippen LogP contribution in [-0.4, -0.2) is 41.7 Å². The molecule has 1 aromatic rings. The highest BCUT2D eigenvalue weighted by Crippen LogP contribution is 2.34. The van der Waals surface area contributed by atoms with Crippen LogP contribution in [0, 0.1) is 0 Å². The van der Waals surface area contributed by atoms with E-state index in [0.717, 1.165) is 0 Å². The van der Waals surface area contributed by atoms with Crippen LogP contribution in [0.1, 0.15) is 29.8 Å². The van der Waals surface area contributed by atoms with Crippen molar-refractivity contribution in [1.82, 2.24) is 5.32 Å². The molecule has 1 aliphatic heterocycles. The summed E-state index contributed by atoms with van der Waals surface area (Å²) in [6, 6.07) is 2.65. The Hall–Kier alpha value is -2.22. The summed E-state index contributed by atoms with van der Waals surface area (Å²) in [5.41, 5.74) is 0.564. The van der Waals surface area contributed by atoms with Crippen molar-refractivity contribution in [2.45, 2.75) is 26.2 Å². The number of hydrogen-bond donors (Lipinski definition) is 3. The lowest BCUT2D eigenvalue weighted by atomic mass is 9.72. The Bertz CT molecular complexity index is 576. The predicted octanol–water partition coefficient (Wildman–Crippen LogP) is 0.0282. The first kappa shape index (κ1) is 15.2. The molecule has 1 atom stereocenters. The van der Waals surface area contributed by atoms with E-state index in [1.54, 1.807) is 6.92 Å². The summed E-state index contributed by atoms with van der Waals surface area (Å²) in [5, 5.41) is 22.2. The third-order valence-corrected chi connectivity index (χ3v) is 3.06. The average Bonchev–Trinajstić information content (AvgIpc) is 2.39. The molecular weight excluding hydrogens is 277 g/mol. The molecule has 0 spiro atoms. The molecule has 21 heavy (non-hydrogen) atoms. The number of aromatic hydroxyl groups is 1. The summed E-state index contributed by atoms with van der Waals surface area (Å²) in [4.78, 5) is 23.0. The Morgan fingerprint density at radius 3 is 2.86 bits per heavy atom. The van der Waals surface area contributed by atoms with E-state index < -0.39 is 19.0 Å². The van der Waals surface area contributed by atoms with Gasteiger partial charge >= 0.3 is 13.1 Å². The third kappa shape index (κ3) is 3.27. The number of ether oxygens (including phenoxy) is 1. The zero-order chi connectivity index (χ0) is 15.6. The number of nitrogens with one attached hydrogen (secondary N) is 1. The number of phenolic OH excluding ortho intramolecular Hbond substituents is 1. The zero-order valence-electron chi connectivity index (χ0n) is 11.8. The number of rotatable bonds is 3. The van der Waals surface area contributed by atoms with Gasteiger partial charge in [-0.1, -0.05) is 0 Å². The minimum absolute atomic E-state index is 0.0483. The maximum atomic E-state index is 11.9. The molecule has 1 aliphatic rings. The minimum atomic E-state index is -1.28. The van der Waals surface area contributed by atoms with Gasteiger partial charge in [-0.15, -0.1) is 0 Å². The van der Waals surface area contributed by atoms with E-state index in [4.69, 9.17) is 9.39 Å². The number of carbonyl (C=O) groups excluding carboxylic acids is 2. The van der Waals surface area contributed by atoms with E-state index in [2.05, 4.69) is 5.32 Å². The van der Waals surface area contributed by atoms with Crippen LogP contribution < -0.4 is 9.97 Å². The van der Waals surface area contributed by atoms with E-state index in [0.29, 0.717) is 5.56 Å². The van der Waals surface area contributed by atoms with Crippen molar-refractivity contribution < 1.29 is 29.1 Å². The molecule has 0 saturated carbocycles. The van der Waals surface area contributed by atoms with Crippen LogP contribution in [0.3, 0.4) is 0 Å². The van der Waals surface area contributed by atoms with Crippen LogP contribution >= 0.6 is 0 Å². The Labute approximate surface area is 122 Å². The number of amides is 1. The van der Waals surface area contributed by atoms with Gasteiger partial charge in [0.15, 0.2) is 0 Å². The second-order valence-electron chi connectivity index (χ2n) is 4.72. The van der Waals surface area contributed by atoms with Gasteiger partial charge in [0.05, 0.1) is 12.5 Å². The van der Waals surface area contributed by atoms with Crippen LogP contribution in [0.2, 0.25) is 0 Å². The summed E-state index contributed by atoms with van der Waals surface area (Å²) in [6.07, 6.45) is 0.233. The summed E-state index contributed by atoms with van der Waals surface area (Å²) in [6.45, 7) is 3.17. The Kier molecular flexibility index (Phi) is 4.37. The first-order valence-electron chi connectivity index (χ1n) is 6.57. The van der Waals surface area contributed by atoms with Crippen LogP contribution in [0.25, 0.3) is 0 Å². The lowest BCUT2D eigenvalue weighted by Crippen LogP contribution is -2.52. The average molecular weight is 293 g/mol. The van der Waals surface area contributed by atoms with Crippen LogP contribution in [-0.2, 0) is 16.0 Å². The van der Waals surface area contributed by atoms with Crippen molar-refractivity contribution in [2.75, 3.05) is 6.61 Å².